The van der Waals surface area contributed by atoms with E-state index in [1.807, 2.05) is 26.2 Å². The average Bonchev–Trinajstić information content (AvgIpc) is 2.86. The Morgan fingerprint density at radius 2 is 1.97 bits per heavy atom. The Morgan fingerprint density at radius 1 is 1.17 bits per heavy atom. The normalized spacial score (nSPS) is 22.5. The van der Waals surface area contributed by atoms with Gasteiger partial charge in [0.15, 0.2) is 0 Å². The summed E-state index contributed by atoms with van der Waals surface area (Å²) in [5.74, 6) is 1.31. The van der Waals surface area contributed by atoms with Crippen LogP contribution >= 0.6 is 0 Å². The number of nitrogens with zero attached hydrogens (tertiary/aromatic N) is 5. The predicted octanol–water partition coefficient (Wildman–Crippen LogP) is 1.42. The van der Waals surface area contributed by atoms with Gasteiger partial charge in [0.1, 0.15) is 5.82 Å². The number of aryl methyl sites for hydroxylation is 3. The van der Waals surface area contributed by atoms with Gasteiger partial charge in [0.2, 0.25) is 5.91 Å². The van der Waals surface area contributed by atoms with E-state index in [9.17, 15) is 4.79 Å². The van der Waals surface area contributed by atoms with Crippen LogP contribution in [0.15, 0.2) is 12.4 Å². The van der Waals surface area contributed by atoms with Crippen LogP contribution in [0.25, 0.3) is 0 Å². The van der Waals surface area contributed by atoms with Crippen molar-refractivity contribution in [3.8, 4) is 0 Å². The van der Waals surface area contributed by atoms with E-state index < -0.39 is 0 Å². The van der Waals surface area contributed by atoms with Crippen LogP contribution in [0.2, 0.25) is 0 Å². The zero-order valence-corrected chi connectivity index (χ0v) is 17.5. The molecule has 0 radical (unpaired) electrons. The van der Waals surface area contributed by atoms with Gasteiger partial charge in [-0.3, -0.25) is 14.8 Å². The maximum Gasteiger partial charge on any atom is 0.223 e. The van der Waals surface area contributed by atoms with Crippen molar-refractivity contribution < 1.29 is 9.53 Å². The summed E-state index contributed by atoms with van der Waals surface area (Å²) in [6, 6.07) is 0.0865. The first-order valence-electron chi connectivity index (χ1n) is 10.4. The molecule has 4 rings (SSSR count). The highest BCUT2D eigenvalue weighted by Gasteiger charge is 2.35. The summed E-state index contributed by atoms with van der Waals surface area (Å²) in [5.41, 5.74) is 4.33. The van der Waals surface area contributed by atoms with Crippen LogP contribution in [0, 0.1) is 26.7 Å². The molecule has 156 valence electrons. The van der Waals surface area contributed by atoms with Gasteiger partial charge in [0, 0.05) is 68.6 Å². The highest BCUT2D eigenvalue weighted by Crippen LogP contribution is 2.22. The summed E-state index contributed by atoms with van der Waals surface area (Å²) >= 11 is 0. The van der Waals surface area contributed by atoms with E-state index in [-0.39, 0.29) is 11.9 Å². The molecule has 4 heterocycles. The first-order valence-corrected chi connectivity index (χ1v) is 10.4. The zero-order valence-electron chi connectivity index (χ0n) is 17.5. The van der Waals surface area contributed by atoms with Gasteiger partial charge in [0.05, 0.1) is 24.9 Å². The average molecular weight is 399 g/mol. The fourth-order valence-electron chi connectivity index (χ4n) is 4.28. The Balaban J connectivity index is 1.41. The Labute approximate surface area is 171 Å². The number of carbonyl (C=O) groups is 1. The van der Waals surface area contributed by atoms with Gasteiger partial charge in [-0.05, 0) is 26.3 Å². The molecule has 0 spiro atoms. The van der Waals surface area contributed by atoms with Gasteiger partial charge in [-0.25, -0.2) is 9.97 Å². The smallest absolute Gasteiger partial charge is 0.223 e. The molecule has 1 N–H and O–H groups in total. The molecule has 2 aromatic heterocycles. The molecule has 2 atom stereocenters. The lowest BCUT2D eigenvalue weighted by molar-refractivity contribution is -0.133. The van der Waals surface area contributed by atoms with E-state index in [1.54, 1.807) is 0 Å². The first-order chi connectivity index (χ1) is 14.0. The second-order valence-electron chi connectivity index (χ2n) is 8.36. The monoisotopic (exact) mass is 398 g/mol. The minimum absolute atomic E-state index is 0.0865. The van der Waals surface area contributed by atoms with Crippen molar-refractivity contribution in [2.75, 3.05) is 32.8 Å². The lowest BCUT2D eigenvalue weighted by atomic mass is 10.1. The fourth-order valence-corrected chi connectivity index (χ4v) is 4.28. The number of fused-ring (bicyclic) bond motifs is 3. The van der Waals surface area contributed by atoms with Crippen molar-refractivity contribution in [1.82, 2.24) is 30.0 Å². The highest BCUT2D eigenvalue weighted by molar-refractivity contribution is 5.77. The van der Waals surface area contributed by atoms with E-state index >= 15 is 0 Å². The molecule has 0 aliphatic carbocycles. The van der Waals surface area contributed by atoms with Crippen molar-refractivity contribution in [2.45, 2.75) is 46.2 Å². The summed E-state index contributed by atoms with van der Waals surface area (Å²) in [7, 11) is 0. The van der Waals surface area contributed by atoms with Gasteiger partial charge < -0.3 is 9.64 Å². The van der Waals surface area contributed by atoms with E-state index in [0.29, 0.717) is 32.0 Å². The number of H-pyrrole nitrogens is 1. The maximum atomic E-state index is 13.1. The van der Waals surface area contributed by atoms with E-state index in [0.717, 1.165) is 54.5 Å². The first kappa shape index (κ1) is 20.0. The van der Waals surface area contributed by atoms with E-state index in [1.165, 1.54) is 0 Å². The Hall–Kier alpha value is -2.32. The summed E-state index contributed by atoms with van der Waals surface area (Å²) in [5, 5.41) is 7.35. The number of ether oxygens (including phenoxy) is 1. The quantitative estimate of drug-likeness (QED) is 0.820. The molecule has 2 aromatic rings. The second kappa shape index (κ2) is 8.59. The van der Waals surface area contributed by atoms with Gasteiger partial charge in [-0.15, -0.1) is 0 Å². The largest absolute Gasteiger partial charge is 0.379 e. The number of nitrogens with one attached hydrogen (secondary N) is 1. The van der Waals surface area contributed by atoms with Crippen LogP contribution in [0.4, 0.5) is 0 Å². The van der Waals surface area contributed by atoms with Gasteiger partial charge in [0.25, 0.3) is 0 Å². The fraction of sp³-hybridized carbons (Fsp3) is 0.619. The second-order valence-corrected chi connectivity index (χ2v) is 8.36. The molecular weight excluding hydrogens is 368 g/mol. The number of carbonyl (C=O) groups excluding carboxylic acids is 1. The van der Waals surface area contributed by atoms with Crippen molar-refractivity contribution in [3.63, 3.8) is 0 Å². The Bertz CT molecular complexity index is 849. The lowest BCUT2D eigenvalue weighted by Gasteiger charge is -2.31. The highest BCUT2D eigenvalue weighted by atomic mass is 16.5. The molecule has 29 heavy (non-hydrogen) atoms. The van der Waals surface area contributed by atoms with Gasteiger partial charge in [-0.1, -0.05) is 0 Å². The van der Waals surface area contributed by atoms with Gasteiger partial charge >= 0.3 is 0 Å². The summed E-state index contributed by atoms with van der Waals surface area (Å²) < 4.78 is 5.88. The molecule has 1 amide bonds. The van der Waals surface area contributed by atoms with Crippen LogP contribution in [-0.2, 0) is 22.5 Å². The number of hydrogen-bond donors (Lipinski definition) is 1. The third-order valence-corrected chi connectivity index (χ3v) is 6.04. The van der Waals surface area contributed by atoms with Crippen LogP contribution in [-0.4, -0.2) is 74.8 Å². The summed E-state index contributed by atoms with van der Waals surface area (Å²) in [6.45, 7) is 10.6. The lowest BCUT2D eigenvalue weighted by Crippen LogP contribution is -2.46. The molecule has 8 nitrogen and oxygen atoms in total. The Morgan fingerprint density at radius 3 is 2.69 bits per heavy atom. The zero-order chi connectivity index (χ0) is 20.4. The molecule has 0 saturated carbocycles. The van der Waals surface area contributed by atoms with Crippen molar-refractivity contribution in [1.29, 1.82) is 0 Å². The molecule has 0 unspecified atom stereocenters. The molecule has 2 aliphatic heterocycles. The van der Waals surface area contributed by atoms with E-state index in [4.69, 9.17) is 4.74 Å². The number of rotatable bonds is 5. The third-order valence-electron chi connectivity index (χ3n) is 6.04. The van der Waals surface area contributed by atoms with Crippen molar-refractivity contribution in [2.24, 2.45) is 5.92 Å². The topological polar surface area (TPSA) is 87.2 Å². The van der Waals surface area contributed by atoms with Crippen molar-refractivity contribution in [3.05, 3.63) is 40.7 Å². The summed E-state index contributed by atoms with van der Waals surface area (Å²) in [4.78, 5) is 26.2. The third kappa shape index (κ3) is 4.64. The molecule has 2 saturated heterocycles. The number of amides is 1. The maximum absolute atomic E-state index is 13.1. The van der Waals surface area contributed by atoms with Crippen LogP contribution in [0.1, 0.15) is 34.8 Å². The van der Waals surface area contributed by atoms with Crippen LogP contribution < -0.4 is 0 Å². The summed E-state index contributed by atoms with van der Waals surface area (Å²) in [6.07, 6.45) is 4.96. The van der Waals surface area contributed by atoms with Crippen LogP contribution in [0.3, 0.4) is 0 Å². The predicted molar refractivity (Wildman–Crippen MR) is 108 cm³/mol. The van der Waals surface area contributed by atoms with E-state index in [2.05, 4.69) is 36.9 Å². The molecule has 2 aliphatic rings. The molecule has 2 fully saturated rings. The molecule has 8 heteroatoms. The SMILES string of the molecule is Cc1ncc(CN2C[C@@H]3COC[C@H](C2)N(C(=O)CCc2n[nH]c(C)c2C)C3)cn1. The molecular formula is C21H30N6O2. The number of aromatic amines is 1. The number of hydrogen-bond acceptors (Lipinski definition) is 6. The van der Waals surface area contributed by atoms with Gasteiger partial charge in [-0.2, -0.15) is 5.10 Å². The minimum Gasteiger partial charge on any atom is -0.379 e. The standard InChI is InChI=1S/C21H30N6O2/c1-14-15(2)24-25-20(14)4-5-21(28)27-10-18-9-26(11-19(27)13-29-12-18)8-17-6-22-16(3)23-7-17/h6-7,18-19H,4-5,8-13H2,1-3H3,(H,24,25)/t18-,19-/m0/s1. The van der Waals surface area contributed by atoms with Crippen LogP contribution in [0.5, 0.6) is 0 Å². The Kier molecular flexibility index (Phi) is 5.91. The number of aromatic nitrogens is 4. The molecule has 0 aromatic carbocycles. The minimum atomic E-state index is 0.0865. The molecule has 2 bridgehead atoms. The van der Waals surface area contributed by atoms with Crippen molar-refractivity contribution >= 4 is 5.91 Å².